The van der Waals surface area contributed by atoms with E-state index in [4.69, 9.17) is 0 Å². The Morgan fingerprint density at radius 3 is 2.53 bits per heavy atom. The molecule has 0 aliphatic rings. The van der Waals surface area contributed by atoms with Crippen LogP contribution in [0.3, 0.4) is 0 Å². The van der Waals surface area contributed by atoms with Crippen LogP contribution < -0.4 is 10.9 Å². The maximum atomic E-state index is 13.7. The van der Waals surface area contributed by atoms with Gasteiger partial charge in [0.15, 0.2) is 11.5 Å². The molecular weight excluding hydrogens is 401 g/mol. The van der Waals surface area contributed by atoms with Crippen molar-refractivity contribution < 1.29 is 18.0 Å². The third-order valence-electron chi connectivity index (χ3n) is 4.34. The normalized spacial score (nSPS) is 11.6. The number of halogens is 3. The molecule has 0 aliphatic heterocycles. The van der Waals surface area contributed by atoms with Crippen LogP contribution in [-0.2, 0) is 6.18 Å². The van der Waals surface area contributed by atoms with Crippen molar-refractivity contribution in [3.05, 3.63) is 76.2 Å². The molecule has 0 unspecified atom stereocenters. The first kappa shape index (κ1) is 19.3. The molecule has 2 N–H and O–H groups in total. The van der Waals surface area contributed by atoms with E-state index in [-0.39, 0.29) is 28.3 Å². The smallest absolute Gasteiger partial charge is 0.305 e. The number of nitrogens with one attached hydrogen (secondary N) is 2. The minimum Gasteiger partial charge on any atom is -0.305 e. The summed E-state index contributed by atoms with van der Waals surface area (Å²) in [6, 6.07) is 7.77. The summed E-state index contributed by atoms with van der Waals surface area (Å²) in [5.41, 5.74) is -2.81. The van der Waals surface area contributed by atoms with Gasteiger partial charge in [-0.2, -0.15) is 17.7 Å². The van der Waals surface area contributed by atoms with E-state index in [0.29, 0.717) is 4.52 Å². The zero-order valence-electron chi connectivity index (χ0n) is 15.4. The number of anilines is 1. The lowest BCUT2D eigenvalue weighted by Crippen LogP contribution is -2.29. The van der Waals surface area contributed by atoms with E-state index >= 15 is 0 Å². The number of carbonyl (C=O) groups is 1. The number of aromatic amines is 1. The van der Waals surface area contributed by atoms with Crippen molar-refractivity contribution in [2.75, 3.05) is 5.32 Å². The van der Waals surface area contributed by atoms with Gasteiger partial charge in [0.1, 0.15) is 11.3 Å². The van der Waals surface area contributed by atoms with Gasteiger partial charge in [-0.1, -0.05) is 30.3 Å². The van der Waals surface area contributed by atoms with Crippen LogP contribution in [0.4, 0.5) is 19.0 Å². The largest absolute Gasteiger partial charge is 0.433 e. The third kappa shape index (κ3) is 3.30. The molecule has 11 heteroatoms. The maximum absolute atomic E-state index is 13.7. The molecular formula is C19H13F3N6O2. The number of amides is 1. The molecule has 1 amide bonds. The Morgan fingerprint density at radius 1 is 1.17 bits per heavy atom. The molecule has 3 heterocycles. The molecule has 8 nitrogen and oxygen atoms in total. The number of benzene rings is 1. The highest BCUT2D eigenvalue weighted by atomic mass is 19.4. The average molecular weight is 414 g/mol. The highest BCUT2D eigenvalue weighted by molar-refractivity contribution is 6.04. The topological polar surface area (TPSA) is 105 Å². The minimum absolute atomic E-state index is 0.0219. The number of aryl methyl sites for hydroxylation is 1. The Balaban J connectivity index is 1.93. The van der Waals surface area contributed by atoms with Crippen molar-refractivity contribution in [3.8, 4) is 11.1 Å². The highest BCUT2D eigenvalue weighted by Gasteiger charge is 2.38. The van der Waals surface area contributed by atoms with Gasteiger partial charge >= 0.3 is 6.18 Å². The van der Waals surface area contributed by atoms with Gasteiger partial charge in [-0.05, 0) is 12.5 Å². The van der Waals surface area contributed by atoms with Crippen molar-refractivity contribution in [1.82, 2.24) is 24.6 Å². The first-order valence-electron chi connectivity index (χ1n) is 8.62. The second-order valence-electron chi connectivity index (χ2n) is 6.31. The molecule has 1 aromatic carbocycles. The van der Waals surface area contributed by atoms with E-state index in [1.54, 1.807) is 18.2 Å². The van der Waals surface area contributed by atoms with Crippen LogP contribution in [-0.4, -0.2) is 30.5 Å². The second kappa shape index (κ2) is 7.10. The lowest BCUT2D eigenvalue weighted by Gasteiger charge is -2.08. The van der Waals surface area contributed by atoms with E-state index in [1.165, 1.54) is 37.6 Å². The van der Waals surface area contributed by atoms with E-state index < -0.39 is 28.9 Å². The van der Waals surface area contributed by atoms with Crippen LogP contribution in [0.25, 0.3) is 16.8 Å². The molecule has 0 aliphatic carbocycles. The Hall–Kier alpha value is -4.02. The van der Waals surface area contributed by atoms with Crippen LogP contribution in [0.2, 0.25) is 0 Å². The number of carbonyl (C=O) groups excluding carboxylic acids is 1. The molecule has 152 valence electrons. The van der Waals surface area contributed by atoms with E-state index in [1.807, 2.05) is 0 Å². The van der Waals surface area contributed by atoms with Gasteiger partial charge in [-0.15, -0.1) is 0 Å². The van der Waals surface area contributed by atoms with Crippen LogP contribution in [0, 0.1) is 6.92 Å². The molecule has 0 atom stereocenters. The van der Waals surface area contributed by atoms with Crippen molar-refractivity contribution >= 4 is 17.4 Å². The summed E-state index contributed by atoms with van der Waals surface area (Å²) in [7, 11) is 0. The van der Waals surface area contributed by atoms with Gasteiger partial charge in [0.25, 0.3) is 11.5 Å². The summed E-state index contributed by atoms with van der Waals surface area (Å²) in [6.07, 6.45) is -0.780. The van der Waals surface area contributed by atoms with Gasteiger partial charge in [-0.3, -0.25) is 19.7 Å². The average Bonchev–Trinajstić information content (AvgIpc) is 3.09. The Kier molecular flexibility index (Phi) is 4.57. The minimum atomic E-state index is -4.78. The zero-order valence-corrected chi connectivity index (χ0v) is 15.4. The maximum Gasteiger partial charge on any atom is 0.433 e. The number of hydrogen-bond acceptors (Lipinski definition) is 5. The summed E-state index contributed by atoms with van der Waals surface area (Å²) in [5, 5.41) is 4.45. The zero-order chi connectivity index (χ0) is 21.5. The van der Waals surface area contributed by atoms with Crippen LogP contribution >= 0.6 is 0 Å². The molecule has 0 fully saturated rings. The van der Waals surface area contributed by atoms with Crippen LogP contribution in [0.1, 0.15) is 21.7 Å². The second-order valence-corrected chi connectivity index (χ2v) is 6.31. The van der Waals surface area contributed by atoms with E-state index in [9.17, 15) is 22.8 Å². The van der Waals surface area contributed by atoms with Crippen LogP contribution in [0.5, 0.6) is 0 Å². The molecule has 0 radical (unpaired) electrons. The third-order valence-corrected chi connectivity index (χ3v) is 4.34. The van der Waals surface area contributed by atoms with Gasteiger partial charge < -0.3 is 5.32 Å². The van der Waals surface area contributed by atoms with E-state index in [2.05, 4.69) is 25.4 Å². The fourth-order valence-corrected chi connectivity index (χ4v) is 3.07. The molecule has 30 heavy (non-hydrogen) atoms. The predicted octanol–water partition coefficient (Wildman–Crippen LogP) is 3.06. The first-order chi connectivity index (χ1) is 14.3. The number of alkyl halides is 3. The van der Waals surface area contributed by atoms with Gasteiger partial charge in [0.2, 0.25) is 0 Å². The van der Waals surface area contributed by atoms with Gasteiger partial charge in [0, 0.05) is 12.4 Å². The number of nitrogens with zero attached hydrogens (tertiary/aromatic N) is 4. The van der Waals surface area contributed by atoms with Crippen molar-refractivity contribution in [1.29, 1.82) is 0 Å². The standard InChI is InChI=1S/C19H13F3N6O2/c1-10-13(17(29)26-12-9-23-7-8-24-12)18(30)28-16(25-10)14(11-5-3-2-4-6-11)15(27-28)19(20,21)22/h2-9,27H,1H3,(H,24,26,29). The quantitative estimate of drug-likeness (QED) is 0.536. The SMILES string of the molecule is Cc1nc2c(-c3ccccc3)c(C(F)(F)F)[nH]n2c(=O)c1C(=O)Nc1cnccn1. The lowest BCUT2D eigenvalue weighted by molar-refractivity contribution is -0.140. The van der Waals surface area contributed by atoms with Gasteiger partial charge in [-0.25, -0.2) is 9.97 Å². The van der Waals surface area contributed by atoms with Crippen LogP contribution in [0.15, 0.2) is 53.7 Å². The predicted molar refractivity (Wildman–Crippen MR) is 101 cm³/mol. The lowest BCUT2D eigenvalue weighted by atomic mass is 10.1. The van der Waals surface area contributed by atoms with Crippen molar-refractivity contribution in [2.45, 2.75) is 13.1 Å². The number of fused-ring (bicyclic) bond motifs is 1. The summed E-state index contributed by atoms with van der Waals surface area (Å²) in [6.45, 7) is 1.38. The summed E-state index contributed by atoms with van der Waals surface area (Å²) in [4.78, 5) is 37.3. The molecule has 4 rings (SSSR count). The molecule has 0 saturated heterocycles. The highest BCUT2D eigenvalue weighted by Crippen LogP contribution is 2.38. The molecule has 3 aromatic heterocycles. The molecule has 4 aromatic rings. The Labute approximate surface area is 166 Å². The van der Waals surface area contributed by atoms with Crippen molar-refractivity contribution in [3.63, 3.8) is 0 Å². The number of aromatic nitrogens is 5. The van der Waals surface area contributed by atoms with Gasteiger partial charge in [0.05, 0.1) is 17.5 Å². The fraction of sp³-hybridized carbons (Fsp3) is 0.105. The number of hydrogen-bond donors (Lipinski definition) is 2. The fourth-order valence-electron chi connectivity index (χ4n) is 3.07. The summed E-state index contributed by atoms with van der Waals surface area (Å²) < 4.78 is 41.7. The number of H-pyrrole nitrogens is 1. The molecule has 0 saturated carbocycles. The van der Waals surface area contributed by atoms with E-state index in [0.717, 1.165) is 0 Å². The van der Waals surface area contributed by atoms with Crippen molar-refractivity contribution in [2.24, 2.45) is 0 Å². The summed E-state index contributed by atoms with van der Waals surface area (Å²) >= 11 is 0. The monoisotopic (exact) mass is 414 g/mol. The Bertz CT molecular complexity index is 1300. The summed E-state index contributed by atoms with van der Waals surface area (Å²) in [5.74, 6) is -0.775. The molecule has 0 spiro atoms. The Morgan fingerprint density at radius 2 is 1.90 bits per heavy atom. The first-order valence-corrected chi connectivity index (χ1v) is 8.62. The number of rotatable bonds is 3. The molecule has 0 bridgehead atoms.